The lowest BCUT2D eigenvalue weighted by atomic mass is 9.97. The van der Waals surface area contributed by atoms with Crippen LogP contribution in [0.1, 0.15) is 28.4 Å². The monoisotopic (exact) mass is 374 g/mol. The van der Waals surface area contributed by atoms with Gasteiger partial charge in [-0.3, -0.25) is 9.59 Å². The van der Waals surface area contributed by atoms with E-state index in [4.69, 9.17) is 25.8 Å². The molecule has 0 fully saturated rings. The van der Waals surface area contributed by atoms with Crippen molar-refractivity contribution in [3.05, 3.63) is 58.1 Å². The Balaban J connectivity index is 1.68. The molecule has 136 valence electrons. The zero-order chi connectivity index (χ0) is 18.7. The zero-order valence-corrected chi connectivity index (χ0v) is 15.3. The van der Waals surface area contributed by atoms with Gasteiger partial charge in [0.15, 0.2) is 5.78 Å². The van der Waals surface area contributed by atoms with Crippen molar-refractivity contribution in [2.75, 3.05) is 13.7 Å². The molecule has 0 aromatic heterocycles. The van der Waals surface area contributed by atoms with E-state index < -0.39 is 5.92 Å². The predicted octanol–water partition coefficient (Wildman–Crippen LogP) is 3.85. The molecule has 1 aliphatic heterocycles. The number of methoxy groups -OCH3 is 1. The fourth-order valence-corrected chi connectivity index (χ4v) is 3.09. The molecule has 2 aromatic rings. The Kier molecular flexibility index (Phi) is 5.47. The minimum atomic E-state index is -0.400. The van der Waals surface area contributed by atoms with Gasteiger partial charge in [0.2, 0.25) is 0 Å². The third-order valence-corrected chi connectivity index (χ3v) is 4.55. The quantitative estimate of drug-likeness (QED) is 0.587. The number of Topliss-reactive ketones (excluding diaryl/α,β-unsaturated/α-hetero) is 1. The van der Waals surface area contributed by atoms with Crippen molar-refractivity contribution in [3.8, 4) is 11.5 Å². The Morgan fingerprint density at radius 3 is 2.77 bits per heavy atom. The van der Waals surface area contributed by atoms with Gasteiger partial charge in [-0.1, -0.05) is 11.6 Å². The number of halogens is 1. The summed E-state index contributed by atoms with van der Waals surface area (Å²) in [5, 5.41) is 0.604. The summed E-state index contributed by atoms with van der Waals surface area (Å²) in [6, 6.07) is 10.4. The number of benzene rings is 2. The molecule has 1 unspecified atom stereocenters. The summed E-state index contributed by atoms with van der Waals surface area (Å²) in [6.07, 6.45) is 0.513. The van der Waals surface area contributed by atoms with Crippen LogP contribution in [0.25, 0.3) is 0 Å². The van der Waals surface area contributed by atoms with E-state index in [0.29, 0.717) is 28.3 Å². The Bertz CT molecular complexity index is 846. The first-order valence-electron chi connectivity index (χ1n) is 8.23. The maximum absolute atomic E-state index is 12.4. The number of esters is 1. The molecule has 0 saturated carbocycles. The fourth-order valence-electron chi connectivity index (χ4n) is 2.89. The molecule has 1 atom stereocenters. The molecule has 3 rings (SSSR count). The van der Waals surface area contributed by atoms with Crippen LogP contribution in [0, 0.1) is 5.92 Å². The number of hydrogen-bond acceptors (Lipinski definition) is 5. The van der Waals surface area contributed by atoms with Gasteiger partial charge in [0, 0.05) is 16.1 Å². The van der Waals surface area contributed by atoms with Gasteiger partial charge in [0.05, 0.1) is 13.0 Å². The highest BCUT2D eigenvalue weighted by molar-refractivity contribution is 6.30. The number of ketones is 1. The lowest BCUT2D eigenvalue weighted by molar-refractivity contribution is -0.151. The van der Waals surface area contributed by atoms with Crippen LogP contribution in [0.3, 0.4) is 0 Å². The Morgan fingerprint density at radius 1 is 1.23 bits per heavy atom. The molecule has 0 radical (unpaired) electrons. The second-order valence-electron chi connectivity index (χ2n) is 6.15. The Hall–Kier alpha value is -2.53. The van der Waals surface area contributed by atoms with Crippen molar-refractivity contribution in [1.82, 2.24) is 0 Å². The highest BCUT2D eigenvalue weighted by Crippen LogP contribution is 2.30. The maximum Gasteiger partial charge on any atom is 0.313 e. The standard InChI is InChI=1S/C20H19ClO5/c1-12(22)13-3-5-18(24-2)15(7-13)10-26-20(23)16-8-14-9-17(21)4-6-19(14)25-11-16/h3-7,9,16H,8,10-11H2,1-2H3. The van der Waals surface area contributed by atoms with E-state index in [0.717, 1.165) is 11.3 Å². The van der Waals surface area contributed by atoms with Gasteiger partial charge in [-0.2, -0.15) is 0 Å². The molecule has 6 heteroatoms. The van der Waals surface area contributed by atoms with E-state index in [-0.39, 0.29) is 25.0 Å². The third-order valence-electron chi connectivity index (χ3n) is 4.32. The molecule has 0 N–H and O–H groups in total. The summed E-state index contributed by atoms with van der Waals surface area (Å²) in [6.45, 7) is 1.78. The summed E-state index contributed by atoms with van der Waals surface area (Å²) in [7, 11) is 1.53. The maximum atomic E-state index is 12.4. The molecule has 0 amide bonds. The van der Waals surface area contributed by atoms with Crippen LogP contribution in [0.5, 0.6) is 11.5 Å². The van der Waals surface area contributed by atoms with E-state index in [1.54, 1.807) is 36.4 Å². The fraction of sp³-hybridized carbons (Fsp3) is 0.300. The number of ether oxygens (including phenoxy) is 3. The van der Waals surface area contributed by atoms with Gasteiger partial charge in [0.25, 0.3) is 0 Å². The van der Waals surface area contributed by atoms with E-state index in [1.807, 2.05) is 0 Å². The molecular formula is C20H19ClO5. The summed E-state index contributed by atoms with van der Waals surface area (Å²) < 4.78 is 16.4. The minimum Gasteiger partial charge on any atom is -0.496 e. The number of carbonyl (C=O) groups is 2. The second kappa shape index (κ2) is 7.79. The number of hydrogen-bond donors (Lipinski definition) is 0. The van der Waals surface area contributed by atoms with E-state index in [9.17, 15) is 9.59 Å². The SMILES string of the molecule is COc1ccc(C(C)=O)cc1COC(=O)C1COc2ccc(Cl)cc2C1. The third kappa shape index (κ3) is 3.99. The summed E-state index contributed by atoms with van der Waals surface area (Å²) >= 11 is 6.01. The number of rotatable bonds is 5. The van der Waals surface area contributed by atoms with Crippen LogP contribution in [0.15, 0.2) is 36.4 Å². The second-order valence-corrected chi connectivity index (χ2v) is 6.59. The first-order valence-corrected chi connectivity index (χ1v) is 8.61. The molecule has 1 heterocycles. The normalized spacial score (nSPS) is 15.6. The topological polar surface area (TPSA) is 61.8 Å². The lowest BCUT2D eigenvalue weighted by Gasteiger charge is -2.24. The van der Waals surface area contributed by atoms with Gasteiger partial charge < -0.3 is 14.2 Å². The van der Waals surface area contributed by atoms with Gasteiger partial charge in [-0.15, -0.1) is 0 Å². The zero-order valence-electron chi connectivity index (χ0n) is 14.6. The van der Waals surface area contributed by atoms with Crippen LogP contribution in [0.2, 0.25) is 5.02 Å². The molecule has 26 heavy (non-hydrogen) atoms. The van der Waals surface area contributed by atoms with Crippen molar-refractivity contribution < 1.29 is 23.8 Å². The summed E-state index contributed by atoms with van der Waals surface area (Å²) in [5.41, 5.74) is 2.08. The van der Waals surface area contributed by atoms with E-state index >= 15 is 0 Å². The van der Waals surface area contributed by atoms with Crippen LogP contribution >= 0.6 is 11.6 Å². The summed E-state index contributed by atoms with van der Waals surface area (Å²) in [5.74, 6) is 0.498. The lowest BCUT2D eigenvalue weighted by Crippen LogP contribution is -2.29. The summed E-state index contributed by atoms with van der Waals surface area (Å²) in [4.78, 5) is 24.0. The molecule has 0 aliphatic carbocycles. The molecule has 1 aliphatic rings. The highest BCUT2D eigenvalue weighted by Gasteiger charge is 2.27. The van der Waals surface area contributed by atoms with Gasteiger partial charge >= 0.3 is 5.97 Å². The predicted molar refractivity (Wildman–Crippen MR) is 96.9 cm³/mol. The largest absolute Gasteiger partial charge is 0.496 e. The van der Waals surface area contributed by atoms with Crippen LogP contribution < -0.4 is 9.47 Å². The first-order chi connectivity index (χ1) is 12.5. The van der Waals surface area contributed by atoms with Crippen LogP contribution in [0.4, 0.5) is 0 Å². The Morgan fingerprint density at radius 2 is 2.04 bits per heavy atom. The molecule has 0 bridgehead atoms. The van der Waals surface area contributed by atoms with Crippen molar-refractivity contribution >= 4 is 23.4 Å². The molecule has 5 nitrogen and oxygen atoms in total. The Labute approximate surface area is 156 Å². The molecular weight excluding hydrogens is 356 g/mol. The minimum absolute atomic E-state index is 0.0298. The average molecular weight is 375 g/mol. The number of fused-ring (bicyclic) bond motifs is 1. The highest BCUT2D eigenvalue weighted by atomic mass is 35.5. The van der Waals surface area contributed by atoms with Crippen molar-refractivity contribution in [1.29, 1.82) is 0 Å². The molecule has 0 saturated heterocycles. The molecule has 2 aromatic carbocycles. The number of carbonyl (C=O) groups excluding carboxylic acids is 2. The van der Waals surface area contributed by atoms with Gasteiger partial charge in [-0.25, -0.2) is 0 Å². The van der Waals surface area contributed by atoms with Crippen LogP contribution in [-0.4, -0.2) is 25.5 Å². The van der Waals surface area contributed by atoms with Crippen molar-refractivity contribution in [2.45, 2.75) is 20.0 Å². The van der Waals surface area contributed by atoms with Crippen molar-refractivity contribution in [2.24, 2.45) is 5.92 Å². The van der Waals surface area contributed by atoms with Gasteiger partial charge in [-0.05, 0) is 55.3 Å². The van der Waals surface area contributed by atoms with Gasteiger partial charge in [0.1, 0.15) is 24.7 Å². The van der Waals surface area contributed by atoms with E-state index in [2.05, 4.69) is 0 Å². The van der Waals surface area contributed by atoms with Crippen molar-refractivity contribution in [3.63, 3.8) is 0 Å². The van der Waals surface area contributed by atoms with Crippen LogP contribution in [-0.2, 0) is 22.6 Å². The average Bonchev–Trinajstić information content (AvgIpc) is 2.65. The van der Waals surface area contributed by atoms with E-state index in [1.165, 1.54) is 14.0 Å². The smallest absolute Gasteiger partial charge is 0.313 e. The first kappa shape index (κ1) is 18.3. The molecule has 0 spiro atoms.